The fourth-order valence-corrected chi connectivity index (χ4v) is 2.60. The van der Waals surface area contributed by atoms with Gasteiger partial charge in [0, 0.05) is 23.0 Å². The van der Waals surface area contributed by atoms with Gasteiger partial charge in [0.1, 0.15) is 0 Å². The fraction of sp³-hybridized carbons (Fsp3) is 0.0909. The number of hydrogen-bond donors (Lipinski definition) is 2. The minimum absolute atomic E-state index is 0.0147. The number of benzene rings is 1. The molecular weight excluding hydrogens is 284 g/mol. The molecule has 0 saturated heterocycles. The van der Waals surface area contributed by atoms with Gasteiger partial charge in [-0.1, -0.05) is 0 Å². The van der Waals surface area contributed by atoms with Gasteiger partial charge < -0.3 is 5.73 Å². The van der Waals surface area contributed by atoms with Gasteiger partial charge in [0.2, 0.25) is 10.0 Å². The summed E-state index contributed by atoms with van der Waals surface area (Å²) in [5, 5.41) is 5.57. The van der Waals surface area contributed by atoms with E-state index in [2.05, 4.69) is 9.97 Å². The maximum atomic E-state index is 11.2. The van der Waals surface area contributed by atoms with Crippen LogP contribution in [0.5, 0.6) is 0 Å². The summed E-state index contributed by atoms with van der Waals surface area (Å²) < 4.78 is 22.4. The number of nitrogens with two attached hydrogens (primary N) is 2. The first-order chi connectivity index (χ1) is 8.86. The molecule has 100 valence electrons. The highest BCUT2D eigenvalue weighted by atomic mass is 32.2. The molecule has 1 heterocycles. The lowest BCUT2D eigenvalue weighted by atomic mass is 10.3. The highest BCUT2D eigenvalue weighted by Gasteiger charge is 2.11. The van der Waals surface area contributed by atoms with Crippen molar-refractivity contribution >= 4 is 27.5 Å². The highest BCUT2D eigenvalue weighted by molar-refractivity contribution is 7.99. The Morgan fingerprint density at radius 1 is 1.21 bits per heavy atom. The van der Waals surface area contributed by atoms with Crippen LogP contribution >= 0.6 is 11.8 Å². The molecule has 2 rings (SSSR count). The molecule has 0 aliphatic carbocycles. The summed E-state index contributed by atoms with van der Waals surface area (Å²) in [6.45, 7) is 1.89. The number of nitrogen functional groups attached to an aromatic ring is 1. The van der Waals surface area contributed by atoms with Crippen molar-refractivity contribution in [2.24, 2.45) is 5.14 Å². The average Bonchev–Trinajstić information content (AvgIpc) is 2.33. The van der Waals surface area contributed by atoms with E-state index in [1.165, 1.54) is 23.9 Å². The van der Waals surface area contributed by atoms with Gasteiger partial charge in [-0.3, -0.25) is 0 Å². The molecule has 4 N–H and O–H groups in total. The molecule has 0 bridgehead atoms. The van der Waals surface area contributed by atoms with Gasteiger partial charge in [0.25, 0.3) is 0 Å². The van der Waals surface area contributed by atoms with Crippen molar-refractivity contribution in [1.29, 1.82) is 0 Å². The van der Waals surface area contributed by atoms with Crippen molar-refractivity contribution in [1.82, 2.24) is 9.97 Å². The van der Waals surface area contributed by atoms with E-state index in [1.807, 2.05) is 6.92 Å². The monoisotopic (exact) mass is 296 g/mol. The van der Waals surface area contributed by atoms with Gasteiger partial charge in [0.05, 0.1) is 4.90 Å². The van der Waals surface area contributed by atoms with Gasteiger partial charge >= 0.3 is 0 Å². The number of rotatable bonds is 3. The van der Waals surface area contributed by atoms with E-state index >= 15 is 0 Å². The standard InChI is InChI=1S/C11H12N4O2S2/c1-7-5-14-11(15-6-7)18-10-3-2-8(4-9(10)12)19(13,16)17/h2-6H,12H2,1H3,(H2,13,16,17). The van der Waals surface area contributed by atoms with Gasteiger partial charge in [-0.05, 0) is 42.4 Å². The largest absolute Gasteiger partial charge is 0.398 e. The normalized spacial score (nSPS) is 11.5. The van der Waals surface area contributed by atoms with Crippen LogP contribution in [0.1, 0.15) is 5.56 Å². The van der Waals surface area contributed by atoms with E-state index in [4.69, 9.17) is 10.9 Å². The Hall–Kier alpha value is -1.64. The van der Waals surface area contributed by atoms with E-state index in [-0.39, 0.29) is 4.90 Å². The number of sulfonamides is 1. The minimum Gasteiger partial charge on any atom is -0.398 e. The molecule has 0 saturated carbocycles. The van der Waals surface area contributed by atoms with Crippen molar-refractivity contribution in [3.63, 3.8) is 0 Å². The lowest BCUT2D eigenvalue weighted by Crippen LogP contribution is -2.12. The van der Waals surface area contributed by atoms with Crippen LogP contribution in [0, 0.1) is 6.92 Å². The maximum Gasteiger partial charge on any atom is 0.238 e. The van der Waals surface area contributed by atoms with Crippen LogP contribution in [0.3, 0.4) is 0 Å². The number of aromatic nitrogens is 2. The van der Waals surface area contributed by atoms with Crippen LogP contribution < -0.4 is 10.9 Å². The third-order valence-corrected chi connectivity index (χ3v) is 4.16. The molecule has 0 radical (unpaired) electrons. The minimum atomic E-state index is -3.74. The number of hydrogen-bond acceptors (Lipinski definition) is 6. The molecule has 19 heavy (non-hydrogen) atoms. The second-order valence-corrected chi connectivity index (χ2v) is 6.46. The Morgan fingerprint density at radius 3 is 2.37 bits per heavy atom. The first-order valence-corrected chi connectivity index (χ1v) is 7.61. The molecule has 0 amide bonds. The number of aryl methyl sites for hydroxylation is 1. The Balaban J connectivity index is 2.29. The molecule has 2 aromatic rings. The van der Waals surface area contributed by atoms with Crippen molar-refractivity contribution < 1.29 is 8.42 Å². The summed E-state index contributed by atoms with van der Waals surface area (Å²) in [7, 11) is -3.74. The summed E-state index contributed by atoms with van der Waals surface area (Å²) in [5.41, 5.74) is 7.08. The maximum absolute atomic E-state index is 11.2. The zero-order valence-electron chi connectivity index (χ0n) is 10.1. The lowest BCUT2D eigenvalue weighted by Gasteiger charge is -2.06. The van der Waals surface area contributed by atoms with Crippen molar-refractivity contribution in [3.05, 3.63) is 36.2 Å². The fourth-order valence-electron chi connectivity index (χ4n) is 1.33. The Labute approximate surface area is 115 Å². The Bertz CT molecular complexity index is 699. The van der Waals surface area contributed by atoms with Gasteiger partial charge in [-0.15, -0.1) is 0 Å². The van der Waals surface area contributed by atoms with Crippen LogP contribution in [0.15, 0.2) is 45.5 Å². The summed E-state index contributed by atoms with van der Waals surface area (Å²) in [6, 6.07) is 4.32. The second-order valence-electron chi connectivity index (χ2n) is 3.89. The second kappa shape index (κ2) is 5.16. The number of nitrogens with zero attached hydrogens (tertiary/aromatic N) is 2. The SMILES string of the molecule is Cc1cnc(Sc2ccc(S(N)(=O)=O)cc2N)nc1. The van der Waals surface area contributed by atoms with Crippen LogP contribution in [-0.2, 0) is 10.0 Å². The average molecular weight is 296 g/mol. The molecule has 6 nitrogen and oxygen atoms in total. The first-order valence-electron chi connectivity index (χ1n) is 5.25. The van der Waals surface area contributed by atoms with E-state index in [1.54, 1.807) is 18.5 Å². The smallest absolute Gasteiger partial charge is 0.238 e. The van der Waals surface area contributed by atoms with Gasteiger partial charge in [0.15, 0.2) is 5.16 Å². The van der Waals surface area contributed by atoms with Gasteiger partial charge in [-0.2, -0.15) is 0 Å². The van der Waals surface area contributed by atoms with Crippen molar-refractivity contribution in [3.8, 4) is 0 Å². The quantitative estimate of drug-likeness (QED) is 0.649. The van der Waals surface area contributed by atoms with Gasteiger partial charge in [-0.25, -0.2) is 23.5 Å². The third kappa shape index (κ3) is 3.43. The molecule has 0 fully saturated rings. The summed E-state index contributed by atoms with van der Waals surface area (Å²) >= 11 is 1.26. The molecule has 0 spiro atoms. The van der Waals surface area contributed by atoms with E-state index < -0.39 is 10.0 Å². The topological polar surface area (TPSA) is 112 Å². The Kier molecular flexibility index (Phi) is 3.74. The lowest BCUT2D eigenvalue weighted by molar-refractivity contribution is 0.598. The Morgan fingerprint density at radius 2 is 1.84 bits per heavy atom. The number of primary sulfonamides is 1. The molecule has 0 unspecified atom stereocenters. The zero-order chi connectivity index (χ0) is 14.0. The summed E-state index contributed by atoms with van der Waals surface area (Å²) in [4.78, 5) is 8.94. The van der Waals surface area contributed by atoms with Crippen molar-refractivity contribution in [2.45, 2.75) is 21.9 Å². The third-order valence-electron chi connectivity index (χ3n) is 2.27. The summed E-state index contributed by atoms with van der Waals surface area (Å²) in [5.74, 6) is 0. The highest BCUT2D eigenvalue weighted by Crippen LogP contribution is 2.30. The predicted octanol–water partition coefficient (Wildman–Crippen LogP) is 1.17. The molecule has 0 aliphatic heterocycles. The molecular formula is C11H12N4O2S2. The molecule has 0 aliphatic rings. The van der Waals surface area contributed by atoms with Crippen LogP contribution in [0.2, 0.25) is 0 Å². The van der Waals surface area contributed by atoms with Crippen LogP contribution in [0.25, 0.3) is 0 Å². The van der Waals surface area contributed by atoms with Crippen LogP contribution in [0.4, 0.5) is 5.69 Å². The molecule has 8 heteroatoms. The predicted molar refractivity (Wildman–Crippen MR) is 73.1 cm³/mol. The molecule has 0 atom stereocenters. The van der Waals surface area contributed by atoms with E-state index in [9.17, 15) is 8.42 Å². The zero-order valence-corrected chi connectivity index (χ0v) is 11.7. The molecule has 1 aromatic carbocycles. The van der Waals surface area contributed by atoms with E-state index in [0.29, 0.717) is 15.7 Å². The summed E-state index contributed by atoms with van der Waals surface area (Å²) in [6.07, 6.45) is 3.40. The first kappa shape index (κ1) is 13.8. The van der Waals surface area contributed by atoms with E-state index in [0.717, 1.165) is 5.56 Å². The van der Waals surface area contributed by atoms with Crippen molar-refractivity contribution in [2.75, 3.05) is 5.73 Å². The molecule has 1 aromatic heterocycles. The van der Waals surface area contributed by atoms with Crippen LogP contribution in [-0.4, -0.2) is 18.4 Å². The number of anilines is 1.